The Morgan fingerprint density at radius 3 is 2.50 bits per heavy atom. The molecule has 4 aromatic rings. The fourth-order valence-corrected chi connectivity index (χ4v) is 4.73. The second-order valence-electron chi connectivity index (χ2n) is 7.65. The van der Waals surface area contributed by atoms with Gasteiger partial charge in [-0.15, -0.1) is 0 Å². The van der Waals surface area contributed by atoms with Crippen molar-refractivity contribution < 1.29 is 9.18 Å². The third-order valence-corrected chi connectivity index (χ3v) is 6.37. The van der Waals surface area contributed by atoms with E-state index >= 15 is 0 Å². The van der Waals surface area contributed by atoms with Crippen LogP contribution < -0.4 is 5.32 Å². The molecule has 3 aromatic carbocycles. The van der Waals surface area contributed by atoms with Gasteiger partial charge in [0.2, 0.25) is 0 Å². The highest BCUT2D eigenvalue weighted by molar-refractivity contribution is 8.18. The summed E-state index contributed by atoms with van der Waals surface area (Å²) in [4.78, 5) is 17.5. The van der Waals surface area contributed by atoms with E-state index in [1.807, 2.05) is 18.2 Å². The van der Waals surface area contributed by atoms with Gasteiger partial charge < -0.3 is 9.88 Å². The number of fused-ring (bicyclic) bond motifs is 1. The van der Waals surface area contributed by atoms with Gasteiger partial charge in [-0.25, -0.2) is 9.38 Å². The molecule has 0 radical (unpaired) electrons. The first-order valence-corrected chi connectivity index (χ1v) is 11.0. The highest BCUT2D eigenvalue weighted by Crippen LogP contribution is 2.31. The largest absolute Gasteiger partial charge is 0.318 e. The number of aryl methyl sites for hydroxylation is 1. The summed E-state index contributed by atoms with van der Waals surface area (Å²) in [7, 11) is 0. The minimum absolute atomic E-state index is 0.189. The molecule has 32 heavy (non-hydrogen) atoms. The third-order valence-electron chi connectivity index (χ3n) is 5.46. The smallest absolute Gasteiger partial charge is 0.264 e. The maximum atomic E-state index is 13.1. The fourth-order valence-electron chi connectivity index (χ4n) is 3.90. The Hall–Kier alpha value is -3.64. The average molecular weight is 442 g/mol. The van der Waals surface area contributed by atoms with Gasteiger partial charge in [-0.1, -0.05) is 30.3 Å². The molecule has 2 heterocycles. The summed E-state index contributed by atoms with van der Waals surface area (Å²) in [6.07, 6.45) is 1.90. The topological polar surface area (TPSA) is 46.4 Å². The standard InChI is InChI=1S/C26H20FN3OS/c1-16-13-20(17(2)30(16)23-12-7-18-5-3-4-6-19(18)14-23)15-24-25(31)29-26(32-24)28-22-10-8-21(27)9-11-22/h3-15H,1-2H3,(H,28,29,31)/b24-15-. The van der Waals surface area contributed by atoms with Crippen LogP contribution in [0.4, 0.5) is 10.1 Å². The van der Waals surface area contributed by atoms with E-state index in [1.165, 1.54) is 34.7 Å². The Bertz CT molecular complexity index is 1420. The minimum atomic E-state index is -0.320. The van der Waals surface area contributed by atoms with Crippen molar-refractivity contribution in [1.29, 1.82) is 0 Å². The number of hydrogen-bond acceptors (Lipinski definition) is 3. The molecule has 0 saturated carbocycles. The van der Waals surface area contributed by atoms with Crippen molar-refractivity contribution in [2.24, 2.45) is 4.99 Å². The molecule has 0 atom stereocenters. The SMILES string of the molecule is Cc1cc(/C=C2\SC(=Nc3ccc(F)cc3)NC2=O)c(C)n1-c1ccc2ccccc2c1. The first-order valence-electron chi connectivity index (χ1n) is 10.2. The van der Waals surface area contributed by atoms with Gasteiger partial charge in [0, 0.05) is 17.1 Å². The van der Waals surface area contributed by atoms with Crippen LogP contribution in [0.15, 0.2) is 82.7 Å². The Morgan fingerprint density at radius 2 is 1.72 bits per heavy atom. The number of amidine groups is 1. The van der Waals surface area contributed by atoms with E-state index < -0.39 is 0 Å². The Labute approximate surface area is 189 Å². The molecule has 0 spiro atoms. The number of carbonyl (C=O) groups excluding carboxylic acids is 1. The number of aliphatic imine (C=N–C) groups is 1. The first kappa shape index (κ1) is 20.3. The van der Waals surface area contributed by atoms with Gasteiger partial charge in [-0.3, -0.25) is 4.79 Å². The number of halogens is 1. The molecule has 158 valence electrons. The number of carbonyl (C=O) groups is 1. The van der Waals surface area contributed by atoms with Gasteiger partial charge in [0.15, 0.2) is 5.17 Å². The summed E-state index contributed by atoms with van der Waals surface area (Å²) < 4.78 is 15.3. The molecule has 1 aliphatic rings. The van der Waals surface area contributed by atoms with Crippen molar-refractivity contribution in [1.82, 2.24) is 9.88 Å². The Kier molecular flexibility index (Phi) is 5.15. The van der Waals surface area contributed by atoms with Crippen LogP contribution in [-0.2, 0) is 4.79 Å². The van der Waals surface area contributed by atoms with Crippen molar-refractivity contribution in [3.8, 4) is 5.69 Å². The molecular formula is C26H20FN3OS. The summed E-state index contributed by atoms with van der Waals surface area (Å²) in [5.41, 5.74) is 4.81. The van der Waals surface area contributed by atoms with Crippen molar-refractivity contribution in [2.75, 3.05) is 0 Å². The molecule has 1 aliphatic heterocycles. The van der Waals surface area contributed by atoms with Crippen LogP contribution in [0.2, 0.25) is 0 Å². The monoisotopic (exact) mass is 441 g/mol. The molecule has 6 heteroatoms. The van der Waals surface area contributed by atoms with E-state index in [0.717, 1.165) is 22.6 Å². The quantitative estimate of drug-likeness (QED) is 0.381. The molecular weight excluding hydrogens is 421 g/mol. The number of rotatable bonds is 3. The second-order valence-corrected chi connectivity index (χ2v) is 8.68. The van der Waals surface area contributed by atoms with Gasteiger partial charge in [0.25, 0.3) is 5.91 Å². The van der Waals surface area contributed by atoms with Crippen LogP contribution in [0.3, 0.4) is 0 Å². The average Bonchev–Trinajstić information content (AvgIpc) is 3.27. The zero-order chi connectivity index (χ0) is 22.2. The lowest BCUT2D eigenvalue weighted by molar-refractivity contribution is -0.115. The lowest BCUT2D eigenvalue weighted by atomic mass is 10.1. The summed E-state index contributed by atoms with van der Waals surface area (Å²) in [6, 6.07) is 22.6. The Balaban J connectivity index is 1.46. The number of benzene rings is 3. The van der Waals surface area contributed by atoms with Crippen LogP contribution in [-0.4, -0.2) is 15.6 Å². The summed E-state index contributed by atoms with van der Waals surface area (Å²) >= 11 is 1.28. The maximum Gasteiger partial charge on any atom is 0.264 e. The molecule has 0 aliphatic carbocycles. The molecule has 5 rings (SSSR count). The summed E-state index contributed by atoms with van der Waals surface area (Å²) in [5.74, 6) is -0.509. The third kappa shape index (κ3) is 3.85. The fraction of sp³-hybridized carbons (Fsp3) is 0.0769. The molecule has 1 aromatic heterocycles. The summed E-state index contributed by atoms with van der Waals surface area (Å²) in [6.45, 7) is 4.12. The summed E-state index contributed by atoms with van der Waals surface area (Å²) in [5, 5.41) is 5.65. The molecule has 1 fully saturated rings. The normalized spacial score (nSPS) is 16.3. The van der Waals surface area contributed by atoms with Crippen LogP contribution >= 0.6 is 11.8 Å². The molecule has 0 unspecified atom stereocenters. The lowest BCUT2D eigenvalue weighted by Crippen LogP contribution is -2.19. The number of aromatic nitrogens is 1. The van der Waals surface area contributed by atoms with Crippen LogP contribution in [0.25, 0.3) is 22.5 Å². The van der Waals surface area contributed by atoms with Gasteiger partial charge in [-0.05, 0) is 90.5 Å². The molecule has 4 nitrogen and oxygen atoms in total. The number of thioether (sulfide) groups is 1. The van der Waals surface area contributed by atoms with E-state index in [0.29, 0.717) is 15.8 Å². The molecule has 1 amide bonds. The zero-order valence-electron chi connectivity index (χ0n) is 17.6. The van der Waals surface area contributed by atoms with E-state index in [4.69, 9.17) is 0 Å². The van der Waals surface area contributed by atoms with Crippen LogP contribution in [0.5, 0.6) is 0 Å². The first-order chi connectivity index (χ1) is 15.5. The highest BCUT2D eigenvalue weighted by Gasteiger charge is 2.24. The highest BCUT2D eigenvalue weighted by atomic mass is 32.2. The van der Waals surface area contributed by atoms with Gasteiger partial charge in [-0.2, -0.15) is 0 Å². The van der Waals surface area contributed by atoms with Crippen molar-refractivity contribution in [2.45, 2.75) is 13.8 Å². The van der Waals surface area contributed by atoms with Gasteiger partial charge in [0.1, 0.15) is 5.82 Å². The van der Waals surface area contributed by atoms with E-state index in [1.54, 1.807) is 12.1 Å². The lowest BCUT2D eigenvalue weighted by Gasteiger charge is -2.11. The van der Waals surface area contributed by atoms with Gasteiger partial charge in [0.05, 0.1) is 10.6 Å². The molecule has 1 N–H and O–H groups in total. The van der Waals surface area contributed by atoms with Crippen molar-refractivity contribution in [3.05, 3.63) is 100 Å². The number of hydrogen-bond donors (Lipinski definition) is 1. The van der Waals surface area contributed by atoms with Crippen LogP contribution in [0.1, 0.15) is 17.0 Å². The maximum absolute atomic E-state index is 13.1. The Morgan fingerprint density at radius 1 is 0.969 bits per heavy atom. The predicted octanol–water partition coefficient (Wildman–Crippen LogP) is 6.28. The van der Waals surface area contributed by atoms with Crippen molar-refractivity contribution in [3.63, 3.8) is 0 Å². The zero-order valence-corrected chi connectivity index (χ0v) is 18.4. The predicted molar refractivity (Wildman–Crippen MR) is 130 cm³/mol. The number of nitrogens with one attached hydrogen (secondary N) is 1. The van der Waals surface area contributed by atoms with E-state index in [9.17, 15) is 9.18 Å². The molecule has 1 saturated heterocycles. The second kappa shape index (κ2) is 8.13. The van der Waals surface area contributed by atoms with E-state index in [-0.39, 0.29) is 11.7 Å². The minimum Gasteiger partial charge on any atom is -0.318 e. The number of nitrogens with zero attached hydrogens (tertiary/aromatic N) is 2. The van der Waals surface area contributed by atoms with E-state index in [2.05, 4.69) is 65.1 Å². The van der Waals surface area contributed by atoms with Crippen LogP contribution in [0, 0.1) is 19.7 Å². The van der Waals surface area contributed by atoms with Gasteiger partial charge >= 0.3 is 0 Å². The molecule has 0 bridgehead atoms. The number of amides is 1. The van der Waals surface area contributed by atoms with Crippen molar-refractivity contribution >= 4 is 45.4 Å².